The maximum Gasteiger partial charge on any atom is 0.270 e. The smallest absolute Gasteiger partial charge is 0.270 e. The Hall–Kier alpha value is -1.88. The van der Waals surface area contributed by atoms with Crippen molar-refractivity contribution in [2.24, 2.45) is 0 Å². The van der Waals surface area contributed by atoms with Gasteiger partial charge in [-0.2, -0.15) is 0 Å². The number of hydrogen-bond donors (Lipinski definition) is 0. The summed E-state index contributed by atoms with van der Waals surface area (Å²) in [5.74, 6) is -0.195. The lowest BCUT2D eigenvalue weighted by molar-refractivity contribution is -0.384. The number of hydrogen-bond acceptors (Lipinski definition) is 3. The fraction of sp³-hybridized carbons (Fsp3) is 0.250. The number of halogens is 1. The van der Waals surface area contributed by atoms with Crippen molar-refractivity contribution in [3.8, 4) is 0 Å². The molecule has 1 amide bonds. The summed E-state index contributed by atoms with van der Waals surface area (Å²) in [4.78, 5) is 23.8. The molecule has 0 saturated carbocycles. The molecule has 0 saturated heterocycles. The number of nitro benzene ring substituents is 1. The lowest BCUT2D eigenvalue weighted by Gasteiger charge is -2.23. The highest BCUT2D eigenvalue weighted by molar-refractivity contribution is 6.34. The second-order valence-corrected chi connectivity index (χ2v) is 4.34. The first-order valence-corrected chi connectivity index (χ1v) is 5.85. The molecule has 0 radical (unpaired) electrons. The number of carbonyl (C=O) groups excluding carboxylic acids is 1. The monoisotopic (exact) mass is 266 g/mol. The van der Waals surface area contributed by atoms with Crippen molar-refractivity contribution in [1.29, 1.82) is 0 Å². The van der Waals surface area contributed by atoms with Crippen LogP contribution in [0, 0.1) is 10.1 Å². The SMILES string of the molecule is O=C(c1ccc([N+](=O)[O-])cc1Cl)N1CC=CCC1. The average molecular weight is 267 g/mol. The number of amides is 1. The van der Waals surface area contributed by atoms with Gasteiger partial charge < -0.3 is 4.90 Å². The Morgan fingerprint density at radius 2 is 2.17 bits per heavy atom. The van der Waals surface area contributed by atoms with Gasteiger partial charge in [-0.1, -0.05) is 23.8 Å². The molecule has 6 heteroatoms. The summed E-state index contributed by atoms with van der Waals surface area (Å²) in [5.41, 5.74) is 0.188. The Morgan fingerprint density at radius 3 is 2.72 bits per heavy atom. The van der Waals surface area contributed by atoms with Crippen molar-refractivity contribution in [1.82, 2.24) is 4.90 Å². The number of benzene rings is 1. The van der Waals surface area contributed by atoms with E-state index in [0.29, 0.717) is 18.7 Å². The number of carbonyl (C=O) groups is 1. The van der Waals surface area contributed by atoms with Gasteiger partial charge in [-0.15, -0.1) is 0 Å². The van der Waals surface area contributed by atoms with Gasteiger partial charge in [0.2, 0.25) is 0 Å². The highest BCUT2D eigenvalue weighted by atomic mass is 35.5. The first kappa shape index (κ1) is 12.6. The maximum absolute atomic E-state index is 12.1. The Morgan fingerprint density at radius 1 is 1.39 bits per heavy atom. The van der Waals surface area contributed by atoms with Crippen LogP contribution in [0.15, 0.2) is 30.4 Å². The van der Waals surface area contributed by atoms with E-state index in [1.165, 1.54) is 18.2 Å². The minimum Gasteiger partial charge on any atom is -0.335 e. The van der Waals surface area contributed by atoms with Gasteiger partial charge in [0.1, 0.15) is 0 Å². The highest BCUT2D eigenvalue weighted by Crippen LogP contribution is 2.24. The van der Waals surface area contributed by atoms with Crippen LogP contribution in [-0.2, 0) is 0 Å². The quantitative estimate of drug-likeness (QED) is 0.470. The molecule has 1 aliphatic rings. The lowest BCUT2D eigenvalue weighted by Crippen LogP contribution is -2.33. The van der Waals surface area contributed by atoms with Crippen molar-refractivity contribution in [3.63, 3.8) is 0 Å². The summed E-state index contributed by atoms with van der Waals surface area (Å²) in [7, 11) is 0. The van der Waals surface area contributed by atoms with Gasteiger partial charge in [0.25, 0.3) is 11.6 Å². The lowest BCUT2D eigenvalue weighted by atomic mass is 10.1. The molecular formula is C12H11ClN2O3. The minimum atomic E-state index is -0.538. The average Bonchev–Trinajstić information content (AvgIpc) is 2.38. The van der Waals surface area contributed by atoms with Crippen LogP contribution in [-0.4, -0.2) is 28.8 Å². The molecule has 1 aromatic carbocycles. The third-order valence-corrected chi connectivity index (χ3v) is 3.05. The van der Waals surface area contributed by atoms with E-state index in [1.54, 1.807) is 4.90 Å². The molecule has 0 unspecified atom stereocenters. The highest BCUT2D eigenvalue weighted by Gasteiger charge is 2.20. The second-order valence-electron chi connectivity index (χ2n) is 3.93. The number of rotatable bonds is 2. The van der Waals surface area contributed by atoms with Gasteiger partial charge in [-0.3, -0.25) is 14.9 Å². The molecule has 0 aromatic heterocycles. The summed E-state index contributed by atoms with van der Waals surface area (Å²) in [6.45, 7) is 1.19. The van der Waals surface area contributed by atoms with Crippen LogP contribution in [0.5, 0.6) is 0 Å². The van der Waals surface area contributed by atoms with Gasteiger partial charge in [-0.25, -0.2) is 0 Å². The molecule has 0 atom stereocenters. The van der Waals surface area contributed by atoms with E-state index in [4.69, 9.17) is 11.6 Å². The third-order valence-electron chi connectivity index (χ3n) is 2.74. The topological polar surface area (TPSA) is 63.4 Å². The summed E-state index contributed by atoms with van der Waals surface area (Å²) < 4.78 is 0. The molecular weight excluding hydrogens is 256 g/mol. The number of non-ortho nitro benzene ring substituents is 1. The predicted molar refractivity (Wildman–Crippen MR) is 67.8 cm³/mol. The van der Waals surface area contributed by atoms with Crippen molar-refractivity contribution < 1.29 is 9.72 Å². The van der Waals surface area contributed by atoms with Crippen LogP contribution >= 0.6 is 11.6 Å². The van der Waals surface area contributed by atoms with E-state index in [1.807, 2.05) is 12.2 Å². The zero-order chi connectivity index (χ0) is 13.1. The summed E-state index contributed by atoms with van der Waals surface area (Å²) in [5, 5.41) is 10.7. The predicted octanol–water partition coefficient (Wildman–Crippen LogP) is 2.65. The van der Waals surface area contributed by atoms with Crippen molar-refractivity contribution >= 4 is 23.2 Å². The molecule has 2 rings (SSSR count). The Balaban J connectivity index is 2.25. The first-order chi connectivity index (χ1) is 8.59. The van der Waals surface area contributed by atoms with E-state index in [2.05, 4.69) is 0 Å². The zero-order valence-electron chi connectivity index (χ0n) is 9.51. The molecule has 1 aromatic rings. The Kier molecular flexibility index (Phi) is 3.62. The summed E-state index contributed by atoms with van der Waals surface area (Å²) in [6, 6.07) is 3.90. The first-order valence-electron chi connectivity index (χ1n) is 5.48. The molecule has 0 bridgehead atoms. The van der Waals surface area contributed by atoms with Crippen LogP contribution < -0.4 is 0 Å². The van der Waals surface area contributed by atoms with E-state index in [0.717, 1.165) is 6.42 Å². The van der Waals surface area contributed by atoms with Crippen LogP contribution in [0.3, 0.4) is 0 Å². The second kappa shape index (κ2) is 5.18. The number of nitro groups is 1. The summed E-state index contributed by atoms with van der Waals surface area (Å²) >= 11 is 5.92. The molecule has 94 valence electrons. The fourth-order valence-electron chi connectivity index (χ4n) is 1.79. The van der Waals surface area contributed by atoms with Gasteiger partial charge in [-0.05, 0) is 12.5 Å². The van der Waals surface area contributed by atoms with Gasteiger partial charge in [0, 0.05) is 25.2 Å². The molecule has 0 spiro atoms. The largest absolute Gasteiger partial charge is 0.335 e. The van der Waals surface area contributed by atoms with E-state index >= 15 is 0 Å². The van der Waals surface area contributed by atoms with E-state index < -0.39 is 4.92 Å². The molecule has 0 aliphatic carbocycles. The fourth-order valence-corrected chi connectivity index (χ4v) is 2.04. The van der Waals surface area contributed by atoms with Crippen molar-refractivity contribution in [2.75, 3.05) is 13.1 Å². The maximum atomic E-state index is 12.1. The number of nitrogens with zero attached hydrogens (tertiary/aromatic N) is 2. The summed E-state index contributed by atoms with van der Waals surface area (Å²) in [6.07, 6.45) is 4.75. The third kappa shape index (κ3) is 2.51. The van der Waals surface area contributed by atoms with Gasteiger partial charge >= 0.3 is 0 Å². The van der Waals surface area contributed by atoms with Gasteiger partial charge in [0.05, 0.1) is 15.5 Å². The van der Waals surface area contributed by atoms with Crippen molar-refractivity contribution in [2.45, 2.75) is 6.42 Å². The van der Waals surface area contributed by atoms with E-state index in [9.17, 15) is 14.9 Å². The molecule has 18 heavy (non-hydrogen) atoms. The van der Waals surface area contributed by atoms with Gasteiger partial charge in [0.15, 0.2) is 0 Å². The minimum absolute atomic E-state index is 0.115. The van der Waals surface area contributed by atoms with Crippen LogP contribution in [0.4, 0.5) is 5.69 Å². The normalized spacial score (nSPS) is 14.6. The van der Waals surface area contributed by atoms with Crippen LogP contribution in [0.1, 0.15) is 16.8 Å². The van der Waals surface area contributed by atoms with Crippen LogP contribution in [0.2, 0.25) is 5.02 Å². The Bertz CT molecular complexity index is 528. The Labute approximate surface area is 109 Å². The molecule has 5 nitrogen and oxygen atoms in total. The zero-order valence-corrected chi connectivity index (χ0v) is 10.3. The van der Waals surface area contributed by atoms with Crippen LogP contribution in [0.25, 0.3) is 0 Å². The molecule has 1 aliphatic heterocycles. The molecule has 0 fully saturated rings. The van der Waals surface area contributed by atoms with E-state index in [-0.39, 0.29) is 16.6 Å². The standard InChI is InChI=1S/C12H11ClN2O3/c13-11-8-9(15(17)18)4-5-10(11)12(16)14-6-2-1-3-7-14/h1-2,4-5,8H,3,6-7H2. The molecule has 0 N–H and O–H groups in total. The van der Waals surface area contributed by atoms with Crippen molar-refractivity contribution in [3.05, 3.63) is 51.1 Å². The molecule has 1 heterocycles.